The maximum Gasteiger partial charge on any atom is 0.253 e. The number of piperidine rings is 1. The smallest absolute Gasteiger partial charge is 0.253 e. The van der Waals surface area contributed by atoms with Crippen molar-refractivity contribution in [2.75, 3.05) is 13.1 Å². The number of benzene rings is 3. The third-order valence-corrected chi connectivity index (χ3v) is 7.52. The van der Waals surface area contributed by atoms with Crippen LogP contribution in [0.4, 0.5) is 8.78 Å². The molecule has 2 heterocycles. The highest BCUT2D eigenvalue weighted by Crippen LogP contribution is 2.37. The highest BCUT2D eigenvalue weighted by Gasteiger charge is 2.44. The lowest BCUT2D eigenvalue weighted by atomic mass is 9.71. The summed E-state index contributed by atoms with van der Waals surface area (Å²) >= 11 is 0. The second-order valence-corrected chi connectivity index (χ2v) is 9.92. The zero-order valence-electron chi connectivity index (χ0n) is 21.6. The van der Waals surface area contributed by atoms with Crippen molar-refractivity contribution >= 4 is 11.8 Å². The van der Waals surface area contributed by atoms with Crippen LogP contribution < -0.4 is 5.32 Å². The summed E-state index contributed by atoms with van der Waals surface area (Å²) in [5.41, 5.74) is 2.87. The Hall–Kier alpha value is -4.39. The number of carbonyl (C=O) groups excluding carboxylic acids is 2. The highest BCUT2D eigenvalue weighted by molar-refractivity contribution is 5.95. The number of pyridine rings is 1. The van der Waals surface area contributed by atoms with E-state index in [0.717, 1.165) is 22.4 Å². The van der Waals surface area contributed by atoms with E-state index in [1.165, 1.54) is 24.3 Å². The van der Waals surface area contributed by atoms with Gasteiger partial charge in [0.15, 0.2) is 0 Å². The van der Waals surface area contributed by atoms with Crippen LogP contribution in [0, 0.1) is 11.6 Å². The van der Waals surface area contributed by atoms with Crippen LogP contribution in [0.5, 0.6) is 0 Å². The lowest BCUT2D eigenvalue weighted by molar-refractivity contribution is -0.129. The van der Waals surface area contributed by atoms with Crippen LogP contribution in [0.3, 0.4) is 0 Å². The molecule has 1 aliphatic rings. The summed E-state index contributed by atoms with van der Waals surface area (Å²) in [7, 11) is 0. The van der Waals surface area contributed by atoms with Gasteiger partial charge < -0.3 is 10.2 Å². The molecule has 0 bridgehead atoms. The van der Waals surface area contributed by atoms with Gasteiger partial charge >= 0.3 is 0 Å². The zero-order valence-corrected chi connectivity index (χ0v) is 21.6. The van der Waals surface area contributed by atoms with Gasteiger partial charge in [-0.05, 0) is 85.0 Å². The fraction of sp³-hybridized carbons (Fsp3) is 0.219. The average Bonchev–Trinajstić information content (AvgIpc) is 2.98. The van der Waals surface area contributed by atoms with Crippen molar-refractivity contribution in [3.63, 3.8) is 0 Å². The number of carbonyl (C=O) groups is 2. The average molecular weight is 526 g/mol. The van der Waals surface area contributed by atoms with Gasteiger partial charge in [0.2, 0.25) is 5.91 Å². The highest BCUT2D eigenvalue weighted by atomic mass is 19.1. The molecule has 0 spiro atoms. The summed E-state index contributed by atoms with van der Waals surface area (Å²) in [6.45, 7) is 2.63. The predicted molar refractivity (Wildman–Crippen MR) is 146 cm³/mol. The SMILES string of the molecule is CC(NC(=O)C1(c2ccc(F)cc2)CCN(C(=O)c2ccc(-c3ccc(F)cc3)cc2)CC1)c1ccccn1. The second kappa shape index (κ2) is 11.2. The van der Waals surface area contributed by atoms with Gasteiger partial charge in [-0.25, -0.2) is 8.78 Å². The van der Waals surface area contributed by atoms with Gasteiger partial charge in [0, 0.05) is 24.8 Å². The zero-order chi connectivity index (χ0) is 27.4. The molecule has 1 aromatic heterocycles. The van der Waals surface area contributed by atoms with Crippen molar-refractivity contribution < 1.29 is 18.4 Å². The normalized spacial score (nSPS) is 15.4. The first-order valence-corrected chi connectivity index (χ1v) is 13.0. The van der Waals surface area contributed by atoms with Crippen molar-refractivity contribution in [3.8, 4) is 11.1 Å². The first kappa shape index (κ1) is 26.2. The fourth-order valence-corrected chi connectivity index (χ4v) is 5.18. The van der Waals surface area contributed by atoms with E-state index in [9.17, 15) is 18.4 Å². The molecule has 3 aromatic carbocycles. The quantitative estimate of drug-likeness (QED) is 0.332. The van der Waals surface area contributed by atoms with Crippen LogP contribution in [-0.4, -0.2) is 34.8 Å². The topological polar surface area (TPSA) is 62.3 Å². The lowest BCUT2D eigenvalue weighted by Crippen LogP contribution is -2.53. The standard InChI is InChI=1S/C32H29F2N3O2/c1-22(29-4-2-3-19-35-29)36-31(39)32(26-11-15-28(34)16-12-26)17-20-37(21-18-32)30(38)25-7-5-23(6-8-25)24-9-13-27(33)14-10-24/h2-16,19,22H,17-18,20-21H2,1H3,(H,36,39). The number of nitrogens with zero attached hydrogens (tertiary/aromatic N) is 2. The fourth-order valence-electron chi connectivity index (χ4n) is 5.18. The van der Waals surface area contributed by atoms with Gasteiger partial charge in [0.05, 0.1) is 17.2 Å². The lowest BCUT2D eigenvalue weighted by Gasteiger charge is -2.41. The molecule has 1 aliphatic heterocycles. The molecule has 7 heteroatoms. The maximum absolute atomic E-state index is 13.8. The molecular weight excluding hydrogens is 496 g/mol. The summed E-state index contributed by atoms with van der Waals surface area (Å²) in [6, 6.07) is 24.7. The molecule has 0 saturated carbocycles. The van der Waals surface area contributed by atoms with Crippen LogP contribution >= 0.6 is 0 Å². The Balaban J connectivity index is 1.32. The minimum atomic E-state index is -0.903. The van der Waals surface area contributed by atoms with E-state index in [0.29, 0.717) is 31.5 Å². The van der Waals surface area contributed by atoms with E-state index >= 15 is 0 Å². The van der Waals surface area contributed by atoms with Gasteiger partial charge in [0.25, 0.3) is 5.91 Å². The van der Waals surface area contributed by atoms with Crippen LogP contribution in [0.2, 0.25) is 0 Å². The van der Waals surface area contributed by atoms with E-state index in [4.69, 9.17) is 0 Å². The Kier molecular flexibility index (Phi) is 7.50. The summed E-state index contributed by atoms with van der Waals surface area (Å²) in [6.07, 6.45) is 2.49. The number of aromatic nitrogens is 1. The second-order valence-electron chi connectivity index (χ2n) is 9.92. The molecule has 1 unspecified atom stereocenters. The van der Waals surface area contributed by atoms with Gasteiger partial charge in [-0.2, -0.15) is 0 Å². The maximum atomic E-state index is 13.8. The van der Waals surface area contributed by atoms with E-state index < -0.39 is 5.41 Å². The molecule has 5 nitrogen and oxygen atoms in total. The molecule has 1 N–H and O–H groups in total. The molecule has 1 fully saturated rings. The van der Waals surface area contributed by atoms with Crippen molar-refractivity contribution in [1.29, 1.82) is 0 Å². The number of likely N-dealkylation sites (tertiary alicyclic amines) is 1. The summed E-state index contributed by atoms with van der Waals surface area (Å²) in [4.78, 5) is 33.2. The Morgan fingerprint density at radius 2 is 1.38 bits per heavy atom. The first-order chi connectivity index (χ1) is 18.9. The van der Waals surface area contributed by atoms with Crippen LogP contribution in [0.25, 0.3) is 11.1 Å². The van der Waals surface area contributed by atoms with Crippen LogP contribution in [-0.2, 0) is 10.2 Å². The van der Waals surface area contributed by atoms with E-state index in [2.05, 4.69) is 10.3 Å². The molecular formula is C32H29F2N3O2. The molecule has 1 atom stereocenters. The number of nitrogens with one attached hydrogen (secondary N) is 1. The Bertz CT molecular complexity index is 1430. The molecule has 5 rings (SSSR count). The summed E-state index contributed by atoms with van der Waals surface area (Å²) in [5.74, 6) is -0.946. The third-order valence-electron chi connectivity index (χ3n) is 7.52. The minimum Gasteiger partial charge on any atom is -0.347 e. The predicted octanol–water partition coefficient (Wildman–Crippen LogP) is 6.08. The Labute approximate surface area is 226 Å². The van der Waals surface area contributed by atoms with Gasteiger partial charge in [-0.3, -0.25) is 14.6 Å². The number of rotatable bonds is 6. The third kappa shape index (κ3) is 5.58. The minimum absolute atomic E-state index is 0.115. The largest absolute Gasteiger partial charge is 0.347 e. The molecule has 198 valence electrons. The molecule has 0 radical (unpaired) electrons. The van der Waals surface area contributed by atoms with Gasteiger partial charge in [-0.15, -0.1) is 0 Å². The molecule has 0 aliphatic carbocycles. The number of halogens is 2. The molecule has 1 saturated heterocycles. The Morgan fingerprint density at radius 3 is 1.95 bits per heavy atom. The van der Waals surface area contributed by atoms with Gasteiger partial charge in [-0.1, -0.05) is 42.5 Å². The monoisotopic (exact) mass is 525 g/mol. The van der Waals surface area contributed by atoms with Gasteiger partial charge in [0.1, 0.15) is 11.6 Å². The number of hydrogen-bond donors (Lipinski definition) is 1. The van der Waals surface area contributed by atoms with Crippen LogP contribution in [0.1, 0.15) is 47.4 Å². The molecule has 2 amide bonds. The number of hydrogen-bond acceptors (Lipinski definition) is 3. The Morgan fingerprint density at radius 1 is 0.821 bits per heavy atom. The van der Waals surface area contributed by atoms with E-state index in [1.807, 2.05) is 37.3 Å². The molecule has 4 aromatic rings. The summed E-state index contributed by atoms with van der Waals surface area (Å²) in [5, 5.41) is 3.10. The molecule has 39 heavy (non-hydrogen) atoms. The van der Waals surface area contributed by atoms with Crippen LogP contribution in [0.15, 0.2) is 97.2 Å². The van der Waals surface area contributed by atoms with Crippen molar-refractivity contribution in [3.05, 3.63) is 126 Å². The van der Waals surface area contributed by atoms with E-state index in [-0.39, 0.29) is 29.5 Å². The van der Waals surface area contributed by atoms with Crippen molar-refractivity contribution in [2.45, 2.75) is 31.2 Å². The van der Waals surface area contributed by atoms with Crippen molar-refractivity contribution in [1.82, 2.24) is 15.2 Å². The first-order valence-electron chi connectivity index (χ1n) is 13.0. The number of amides is 2. The van der Waals surface area contributed by atoms with E-state index in [1.54, 1.807) is 47.5 Å². The summed E-state index contributed by atoms with van der Waals surface area (Å²) < 4.78 is 27.0. The van der Waals surface area contributed by atoms with Crippen molar-refractivity contribution in [2.24, 2.45) is 0 Å².